The van der Waals surface area contributed by atoms with Gasteiger partial charge in [0.1, 0.15) is 5.75 Å². The van der Waals surface area contributed by atoms with E-state index in [-0.39, 0.29) is 6.03 Å². The largest absolute Gasteiger partial charge is 0.493 e. The molecule has 2 heterocycles. The van der Waals surface area contributed by atoms with Crippen molar-refractivity contribution in [3.63, 3.8) is 0 Å². The first-order valence-corrected chi connectivity index (χ1v) is 7.76. The zero-order chi connectivity index (χ0) is 14.7. The monoisotopic (exact) mass is 289 g/mol. The van der Waals surface area contributed by atoms with E-state index in [1.54, 1.807) is 0 Å². The summed E-state index contributed by atoms with van der Waals surface area (Å²) in [6.07, 6.45) is 1.02. The summed E-state index contributed by atoms with van der Waals surface area (Å²) in [5.74, 6) is 1.04. The van der Waals surface area contributed by atoms with Crippen LogP contribution in [0.2, 0.25) is 0 Å². The molecular formula is C16H23N3O2. The third-order valence-electron chi connectivity index (χ3n) is 4.15. The summed E-state index contributed by atoms with van der Waals surface area (Å²) in [6, 6.07) is 6.56. The van der Waals surface area contributed by atoms with Gasteiger partial charge in [0.15, 0.2) is 0 Å². The Morgan fingerprint density at radius 2 is 2.10 bits per heavy atom. The van der Waals surface area contributed by atoms with E-state index in [1.165, 1.54) is 11.1 Å². The Morgan fingerprint density at radius 1 is 1.29 bits per heavy atom. The summed E-state index contributed by atoms with van der Waals surface area (Å²) in [7, 11) is 0. The lowest BCUT2D eigenvalue weighted by Gasteiger charge is -2.34. The van der Waals surface area contributed by atoms with Gasteiger partial charge in [0.2, 0.25) is 0 Å². The Hall–Kier alpha value is -1.75. The lowest BCUT2D eigenvalue weighted by molar-refractivity contribution is 0.135. The number of amides is 2. The zero-order valence-electron chi connectivity index (χ0n) is 12.6. The molecule has 1 aromatic rings. The normalized spacial score (nSPS) is 18.2. The van der Waals surface area contributed by atoms with E-state index < -0.39 is 0 Å². The molecule has 0 aromatic heterocycles. The average Bonchev–Trinajstić information content (AvgIpc) is 2.96. The van der Waals surface area contributed by atoms with Crippen molar-refractivity contribution in [2.75, 3.05) is 39.3 Å². The lowest BCUT2D eigenvalue weighted by atomic mass is 10.1. The molecule has 2 aliphatic heterocycles. The quantitative estimate of drug-likeness (QED) is 0.916. The summed E-state index contributed by atoms with van der Waals surface area (Å²) in [6.45, 7) is 7.89. The first-order valence-electron chi connectivity index (χ1n) is 7.76. The van der Waals surface area contributed by atoms with Crippen molar-refractivity contribution < 1.29 is 9.53 Å². The van der Waals surface area contributed by atoms with Crippen molar-refractivity contribution in [1.82, 2.24) is 15.1 Å². The van der Waals surface area contributed by atoms with Crippen molar-refractivity contribution in [2.24, 2.45) is 0 Å². The van der Waals surface area contributed by atoms with Crippen molar-refractivity contribution in [3.05, 3.63) is 29.3 Å². The molecule has 3 rings (SSSR count). The molecule has 0 atom stereocenters. The van der Waals surface area contributed by atoms with Crippen molar-refractivity contribution >= 4 is 6.03 Å². The van der Waals surface area contributed by atoms with E-state index in [0.717, 1.165) is 51.5 Å². The van der Waals surface area contributed by atoms with Crippen LogP contribution >= 0.6 is 0 Å². The fourth-order valence-electron chi connectivity index (χ4n) is 2.97. The molecule has 1 saturated heterocycles. The maximum absolute atomic E-state index is 11.8. The number of carbonyl (C=O) groups excluding carboxylic acids is 1. The van der Waals surface area contributed by atoms with Crippen molar-refractivity contribution in [3.8, 4) is 5.75 Å². The van der Waals surface area contributed by atoms with Crippen LogP contribution in [-0.4, -0.2) is 55.2 Å². The maximum Gasteiger partial charge on any atom is 0.317 e. The van der Waals surface area contributed by atoms with Crippen LogP contribution in [0.4, 0.5) is 4.79 Å². The Balaban J connectivity index is 1.52. The molecule has 0 aliphatic carbocycles. The van der Waals surface area contributed by atoms with Gasteiger partial charge < -0.3 is 15.0 Å². The maximum atomic E-state index is 11.8. The molecule has 2 aliphatic rings. The smallest absolute Gasteiger partial charge is 0.317 e. The molecule has 1 N–H and O–H groups in total. The van der Waals surface area contributed by atoms with E-state index in [2.05, 4.69) is 28.4 Å². The standard InChI is InChI=1S/C16H23N3O2/c1-2-17-16(20)19-8-6-18(7-9-19)12-13-3-4-15-14(11-13)5-10-21-15/h3-4,11H,2,5-10,12H2,1H3,(H,17,20). The van der Waals surface area contributed by atoms with E-state index in [0.29, 0.717) is 6.54 Å². The number of rotatable bonds is 3. The van der Waals surface area contributed by atoms with Crippen LogP contribution in [-0.2, 0) is 13.0 Å². The van der Waals surface area contributed by atoms with Gasteiger partial charge in [0.05, 0.1) is 6.61 Å². The molecule has 114 valence electrons. The predicted octanol–water partition coefficient (Wildman–Crippen LogP) is 1.47. The Bertz CT molecular complexity index is 510. The Labute approximate surface area is 125 Å². The Morgan fingerprint density at radius 3 is 2.86 bits per heavy atom. The van der Waals surface area contributed by atoms with Crippen LogP contribution in [0.15, 0.2) is 18.2 Å². The van der Waals surface area contributed by atoms with E-state index in [9.17, 15) is 4.79 Å². The van der Waals surface area contributed by atoms with E-state index in [4.69, 9.17) is 4.74 Å². The first-order chi connectivity index (χ1) is 10.3. The number of carbonyl (C=O) groups is 1. The van der Waals surface area contributed by atoms with Crippen molar-refractivity contribution in [1.29, 1.82) is 0 Å². The summed E-state index contributed by atoms with van der Waals surface area (Å²) in [4.78, 5) is 16.1. The van der Waals surface area contributed by atoms with Gasteiger partial charge in [-0.3, -0.25) is 4.90 Å². The lowest BCUT2D eigenvalue weighted by Crippen LogP contribution is -2.51. The van der Waals surface area contributed by atoms with Gasteiger partial charge in [0.25, 0.3) is 0 Å². The number of nitrogens with zero attached hydrogens (tertiary/aromatic N) is 2. The highest BCUT2D eigenvalue weighted by atomic mass is 16.5. The highest BCUT2D eigenvalue weighted by Gasteiger charge is 2.21. The SMILES string of the molecule is CCNC(=O)N1CCN(Cc2ccc3c(c2)CCO3)CC1. The van der Waals surface area contributed by atoms with Gasteiger partial charge in [-0.05, 0) is 24.1 Å². The fraction of sp³-hybridized carbons (Fsp3) is 0.562. The molecule has 5 heteroatoms. The van der Waals surface area contributed by atoms with Crippen LogP contribution in [0, 0.1) is 0 Å². The van der Waals surface area contributed by atoms with Gasteiger partial charge >= 0.3 is 6.03 Å². The molecule has 0 unspecified atom stereocenters. The van der Waals surface area contributed by atoms with Crippen molar-refractivity contribution in [2.45, 2.75) is 19.9 Å². The molecule has 0 radical (unpaired) electrons. The molecule has 0 bridgehead atoms. The van der Waals surface area contributed by atoms with Crippen LogP contribution in [0.25, 0.3) is 0 Å². The second-order valence-electron chi connectivity index (χ2n) is 5.64. The molecular weight excluding hydrogens is 266 g/mol. The van der Waals surface area contributed by atoms with Crippen LogP contribution in [0.3, 0.4) is 0 Å². The fourth-order valence-corrected chi connectivity index (χ4v) is 2.97. The number of ether oxygens (including phenoxy) is 1. The molecule has 0 saturated carbocycles. The number of hydrogen-bond acceptors (Lipinski definition) is 3. The molecule has 5 nitrogen and oxygen atoms in total. The minimum Gasteiger partial charge on any atom is -0.493 e. The summed E-state index contributed by atoms with van der Waals surface area (Å²) in [5.41, 5.74) is 2.67. The predicted molar refractivity (Wildman–Crippen MR) is 81.6 cm³/mol. The highest BCUT2D eigenvalue weighted by molar-refractivity contribution is 5.74. The molecule has 1 aromatic carbocycles. The van der Waals surface area contributed by atoms with Gasteiger partial charge in [-0.1, -0.05) is 12.1 Å². The summed E-state index contributed by atoms with van der Waals surface area (Å²) >= 11 is 0. The zero-order valence-corrected chi connectivity index (χ0v) is 12.6. The second kappa shape index (κ2) is 6.35. The third kappa shape index (κ3) is 3.29. The number of urea groups is 1. The minimum absolute atomic E-state index is 0.0619. The minimum atomic E-state index is 0.0619. The van der Waals surface area contributed by atoms with Gasteiger partial charge in [-0.15, -0.1) is 0 Å². The van der Waals surface area contributed by atoms with Crippen LogP contribution in [0.1, 0.15) is 18.1 Å². The van der Waals surface area contributed by atoms with Gasteiger partial charge in [0, 0.05) is 45.7 Å². The molecule has 0 spiro atoms. The molecule has 2 amide bonds. The highest BCUT2D eigenvalue weighted by Crippen LogP contribution is 2.26. The van der Waals surface area contributed by atoms with E-state index >= 15 is 0 Å². The molecule has 1 fully saturated rings. The number of fused-ring (bicyclic) bond motifs is 1. The van der Waals surface area contributed by atoms with Gasteiger partial charge in [-0.2, -0.15) is 0 Å². The van der Waals surface area contributed by atoms with E-state index in [1.807, 2.05) is 11.8 Å². The third-order valence-corrected chi connectivity index (χ3v) is 4.15. The summed E-state index contributed by atoms with van der Waals surface area (Å²) < 4.78 is 5.54. The second-order valence-corrected chi connectivity index (χ2v) is 5.64. The molecule has 21 heavy (non-hydrogen) atoms. The summed E-state index contributed by atoms with van der Waals surface area (Å²) in [5, 5.41) is 2.86. The van der Waals surface area contributed by atoms with Gasteiger partial charge in [-0.25, -0.2) is 4.79 Å². The average molecular weight is 289 g/mol. The van der Waals surface area contributed by atoms with Crippen LogP contribution < -0.4 is 10.1 Å². The number of benzene rings is 1. The topological polar surface area (TPSA) is 44.8 Å². The number of piperazine rings is 1. The number of nitrogens with one attached hydrogen (secondary N) is 1. The first kappa shape index (κ1) is 14.2. The van der Waals surface area contributed by atoms with Crippen LogP contribution in [0.5, 0.6) is 5.75 Å². The number of hydrogen-bond donors (Lipinski definition) is 1. The Kier molecular flexibility index (Phi) is 4.29.